The van der Waals surface area contributed by atoms with Gasteiger partial charge in [0.1, 0.15) is 0 Å². The number of hydrogen-bond donors (Lipinski definition) is 1. The van der Waals surface area contributed by atoms with Gasteiger partial charge in [0.15, 0.2) is 0 Å². The molecule has 1 unspecified atom stereocenters. The molecule has 0 aromatic carbocycles. The van der Waals surface area contributed by atoms with Gasteiger partial charge in [0, 0.05) is 44.7 Å². The number of piperazine rings is 1. The van der Waals surface area contributed by atoms with Crippen LogP contribution in [-0.4, -0.2) is 84.9 Å². The largest absolute Gasteiger partial charge is 0.353 e. The van der Waals surface area contributed by atoms with Crippen LogP contribution in [-0.2, 0) is 9.59 Å². The van der Waals surface area contributed by atoms with Gasteiger partial charge in [-0.2, -0.15) is 0 Å². The van der Waals surface area contributed by atoms with E-state index < -0.39 is 0 Å². The van der Waals surface area contributed by atoms with Crippen molar-refractivity contribution in [2.75, 3.05) is 52.4 Å². The summed E-state index contributed by atoms with van der Waals surface area (Å²) in [4.78, 5) is 32.3. The first-order chi connectivity index (χ1) is 13.3. The van der Waals surface area contributed by atoms with Crippen LogP contribution in [0.25, 0.3) is 0 Å². The van der Waals surface area contributed by atoms with Crippen LogP contribution < -0.4 is 5.32 Å². The number of likely N-dealkylation sites (N-methyl/N-ethyl adjacent to an activating group) is 1. The molecule has 28 heavy (non-hydrogen) atoms. The Morgan fingerprint density at radius 3 is 2.11 bits per heavy atom. The SMILES string of the molecule is CCN(CC)CCNC(=O)C(C1CCCC1)N1CCN(C(=O)C(C)(C)C)CC1. The van der Waals surface area contributed by atoms with Gasteiger partial charge in [-0.1, -0.05) is 47.5 Å². The number of rotatable bonds is 8. The summed E-state index contributed by atoms with van der Waals surface area (Å²) in [5, 5.41) is 3.21. The van der Waals surface area contributed by atoms with E-state index in [0.29, 0.717) is 12.5 Å². The van der Waals surface area contributed by atoms with Crippen molar-refractivity contribution in [1.82, 2.24) is 20.0 Å². The monoisotopic (exact) mass is 394 g/mol. The van der Waals surface area contributed by atoms with Crippen LogP contribution in [0.5, 0.6) is 0 Å². The average molecular weight is 395 g/mol. The normalized spacial score (nSPS) is 20.6. The number of carbonyl (C=O) groups excluding carboxylic acids is 2. The first-order valence-electron chi connectivity index (χ1n) is 11.3. The zero-order chi connectivity index (χ0) is 20.7. The van der Waals surface area contributed by atoms with Gasteiger partial charge in [-0.15, -0.1) is 0 Å². The average Bonchev–Trinajstić information content (AvgIpc) is 3.19. The molecule has 1 atom stereocenters. The Labute approximate surface area is 172 Å². The Bertz CT molecular complexity index is 499. The van der Waals surface area contributed by atoms with E-state index >= 15 is 0 Å². The Morgan fingerprint density at radius 1 is 1.04 bits per heavy atom. The standard InChI is InChI=1S/C22H42N4O2/c1-6-24(7-2)13-12-23-20(27)19(18-10-8-9-11-18)25-14-16-26(17-15-25)21(28)22(3,4)5/h18-19H,6-17H2,1-5H3,(H,23,27). The summed E-state index contributed by atoms with van der Waals surface area (Å²) in [5.41, 5.74) is -0.338. The number of nitrogens with zero attached hydrogens (tertiary/aromatic N) is 3. The first kappa shape index (κ1) is 23.1. The molecule has 0 aromatic heterocycles. The smallest absolute Gasteiger partial charge is 0.237 e. The van der Waals surface area contributed by atoms with Gasteiger partial charge in [0.05, 0.1) is 6.04 Å². The molecule has 1 heterocycles. The van der Waals surface area contributed by atoms with Crippen LogP contribution in [0.3, 0.4) is 0 Å². The second kappa shape index (κ2) is 10.6. The molecule has 2 rings (SSSR count). The van der Waals surface area contributed by atoms with Crippen molar-refractivity contribution in [3.05, 3.63) is 0 Å². The Balaban J connectivity index is 1.94. The summed E-state index contributed by atoms with van der Waals surface area (Å²) in [6.07, 6.45) is 4.76. The Kier molecular flexibility index (Phi) is 8.75. The van der Waals surface area contributed by atoms with E-state index in [1.807, 2.05) is 25.7 Å². The summed E-state index contributed by atoms with van der Waals surface area (Å²) in [6.45, 7) is 17.0. The van der Waals surface area contributed by atoms with E-state index in [1.54, 1.807) is 0 Å². The lowest BCUT2D eigenvalue weighted by molar-refractivity contribution is -0.142. The lowest BCUT2D eigenvalue weighted by atomic mass is 9.93. The minimum atomic E-state index is -0.338. The molecule has 2 amide bonds. The molecule has 0 spiro atoms. The maximum Gasteiger partial charge on any atom is 0.237 e. The molecule has 1 saturated carbocycles. The van der Waals surface area contributed by atoms with E-state index in [1.165, 1.54) is 12.8 Å². The van der Waals surface area contributed by atoms with Crippen LogP contribution in [0.1, 0.15) is 60.3 Å². The second-order valence-electron chi connectivity index (χ2n) is 9.39. The maximum absolute atomic E-state index is 13.1. The minimum absolute atomic E-state index is 0.0360. The van der Waals surface area contributed by atoms with Crippen molar-refractivity contribution in [3.8, 4) is 0 Å². The summed E-state index contributed by atoms with van der Waals surface area (Å²) >= 11 is 0. The zero-order valence-electron chi connectivity index (χ0n) is 18.8. The molecule has 2 fully saturated rings. The molecule has 0 aromatic rings. The molecule has 2 aliphatic rings. The van der Waals surface area contributed by atoms with Crippen molar-refractivity contribution in [2.24, 2.45) is 11.3 Å². The summed E-state index contributed by atoms with van der Waals surface area (Å²) < 4.78 is 0. The highest BCUT2D eigenvalue weighted by atomic mass is 16.2. The van der Waals surface area contributed by atoms with Crippen molar-refractivity contribution in [2.45, 2.75) is 66.3 Å². The van der Waals surface area contributed by atoms with Gasteiger partial charge in [-0.3, -0.25) is 14.5 Å². The maximum atomic E-state index is 13.1. The predicted molar refractivity (Wildman–Crippen MR) is 114 cm³/mol. The van der Waals surface area contributed by atoms with Crippen molar-refractivity contribution < 1.29 is 9.59 Å². The molecule has 6 heteroatoms. The first-order valence-corrected chi connectivity index (χ1v) is 11.3. The number of carbonyl (C=O) groups is 2. The third-order valence-corrected chi connectivity index (χ3v) is 6.37. The highest BCUT2D eigenvalue weighted by molar-refractivity contribution is 5.83. The molecule has 0 bridgehead atoms. The minimum Gasteiger partial charge on any atom is -0.353 e. The van der Waals surface area contributed by atoms with Crippen LogP contribution in [0, 0.1) is 11.3 Å². The molecule has 1 aliphatic carbocycles. The topological polar surface area (TPSA) is 55.9 Å². The van der Waals surface area contributed by atoms with Crippen molar-refractivity contribution >= 4 is 11.8 Å². The van der Waals surface area contributed by atoms with Gasteiger partial charge in [-0.05, 0) is 31.8 Å². The highest BCUT2D eigenvalue weighted by Crippen LogP contribution is 2.31. The second-order valence-corrected chi connectivity index (χ2v) is 9.39. The molecule has 6 nitrogen and oxygen atoms in total. The predicted octanol–water partition coefficient (Wildman–Crippen LogP) is 2.19. The van der Waals surface area contributed by atoms with Gasteiger partial charge < -0.3 is 15.1 Å². The molecule has 162 valence electrons. The van der Waals surface area contributed by atoms with Gasteiger partial charge in [0.25, 0.3) is 0 Å². The van der Waals surface area contributed by atoms with Gasteiger partial charge >= 0.3 is 0 Å². The summed E-state index contributed by atoms with van der Waals surface area (Å²) in [5.74, 6) is 0.862. The van der Waals surface area contributed by atoms with Crippen LogP contribution >= 0.6 is 0 Å². The third kappa shape index (κ3) is 6.18. The fraction of sp³-hybridized carbons (Fsp3) is 0.909. The fourth-order valence-corrected chi connectivity index (χ4v) is 4.61. The van der Waals surface area contributed by atoms with E-state index in [0.717, 1.165) is 58.7 Å². The third-order valence-electron chi connectivity index (χ3n) is 6.37. The zero-order valence-corrected chi connectivity index (χ0v) is 18.8. The fourth-order valence-electron chi connectivity index (χ4n) is 4.61. The lowest BCUT2D eigenvalue weighted by Gasteiger charge is -2.42. The van der Waals surface area contributed by atoms with E-state index in [9.17, 15) is 9.59 Å². The van der Waals surface area contributed by atoms with E-state index in [2.05, 4.69) is 29.0 Å². The Hall–Kier alpha value is -1.14. The van der Waals surface area contributed by atoms with Crippen LogP contribution in [0.4, 0.5) is 0 Å². The Morgan fingerprint density at radius 2 is 1.61 bits per heavy atom. The lowest BCUT2D eigenvalue weighted by Crippen LogP contribution is -2.59. The van der Waals surface area contributed by atoms with Gasteiger partial charge in [-0.25, -0.2) is 0 Å². The van der Waals surface area contributed by atoms with Crippen LogP contribution in [0.2, 0.25) is 0 Å². The number of nitrogens with one attached hydrogen (secondary N) is 1. The van der Waals surface area contributed by atoms with Gasteiger partial charge in [0.2, 0.25) is 11.8 Å². The molecule has 1 saturated heterocycles. The quantitative estimate of drug-likeness (QED) is 0.686. The van der Waals surface area contributed by atoms with Crippen LogP contribution in [0.15, 0.2) is 0 Å². The van der Waals surface area contributed by atoms with Crippen molar-refractivity contribution in [1.29, 1.82) is 0 Å². The summed E-state index contributed by atoms with van der Waals surface area (Å²) in [6, 6.07) is -0.0360. The number of amides is 2. The molecule has 1 N–H and O–H groups in total. The van der Waals surface area contributed by atoms with E-state index in [-0.39, 0.29) is 23.3 Å². The molecular formula is C22H42N4O2. The number of hydrogen-bond acceptors (Lipinski definition) is 4. The molecular weight excluding hydrogens is 352 g/mol. The van der Waals surface area contributed by atoms with E-state index in [4.69, 9.17) is 0 Å². The highest BCUT2D eigenvalue weighted by Gasteiger charge is 2.38. The molecule has 0 radical (unpaired) electrons. The molecule has 1 aliphatic heterocycles. The van der Waals surface area contributed by atoms with Crippen molar-refractivity contribution in [3.63, 3.8) is 0 Å². The summed E-state index contributed by atoms with van der Waals surface area (Å²) in [7, 11) is 0.